The molecule has 3 aromatic rings. The predicted molar refractivity (Wildman–Crippen MR) is 122 cm³/mol. The van der Waals surface area contributed by atoms with E-state index < -0.39 is 0 Å². The SMILES string of the molecule is C=C1c2c(C)csc2N=C(CNc2ncnc(N)c2C(C)=N)N1c1ccccc1F. The number of halogens is 1. The lowest BCUT2D eigenvalue weighted by atomic mass is 10.1. The van der Waals surface area contributed by atoms with E-state index in [0.29, 0.717) is 28.6 Å². The van der Waals surface area contributed by atoms with Gasteiger partial charge in [0.2, 0.25) is 0 Å². The zero-order valence-corrected chi connectivity index (χ0v) is 17.3. The number of nitrogens with one attached hydrogen (secondary N) is 2. The number of benzene rings is 1. The Hall–Kier alpha value is -3.59. The summed E-state index contributed by atoms with van der Waals surface area (Å²) in [7, 11) is 0. The molecule has 0 aliphatic carbocycles. The molecule has 0 saturated heterocycles. The minimum Gasteiger partial charge on any atom is -0.383 e. The van der Waals surface area contributed by atoms with Gasteiger partial charge in [0.05, 0.1) is 23.5 Å². The van der Waals surface area contributed by atoms with Gasteiger partial charge in [-0.3, -0.25) is 4.90 Å². The number of aromatic nitrogens is 2. The number of aryl methyl sites for hydroxylation is 1. The maximum absolute atomic E-state index is 14.7. The van der Waals surface area contributed by atoms with E-state index in [9.17, 15) is 4.39 Å². The largest absolute Gasteiger partial charge is 0.383 e. The Morgan fingerprint density at radius 3 is 2.83 bits per heavy atom. The Balaban J connectivity index is 1.76. The number of anilines is 3. The van der Waals surface area contributed by atoms with E-state index in [1.807, 2.05) is 12.3 Å². The van der Waals surface area contributed by atoms with Crippen molar-refractivity contribution in [2.45, 2.75) is 13.8 Å². The highest BCUT2D eigenvalue weighted by Crippen LogP contribution is 2.42. The van der Waals surface area contributed by atoms with Gasteiger partial charge in [-0.25, -0.2) is 19.4 Å². The van der Waals surface area contributed by atoms with E-state index in [2.05, 4.69) is 21.9 Å². The van der Waals surface area contributed by atoms with Crippen LogP contribution in [0.2, 0.25) is 0 Å². The molecular formula is C21H20FN7S. The zero-order valence-electron chi connectivity index (χ0n) is 16.5. The van der Waals surface area contributed by atoms with Crippen molar-refractivity contribution in [3.8, 4) is 0 Å². The Morgan fingerprint density at radius 1 is 1.33 bits per heavy atom. The van der Waals surface area contributed by atoms with Crippen LogP contribution in [-0.2, 0) is 0 Å². The lowest BCUT2D eigenvalue weighted by Gasteiger charge is -2.32. The van der Waals surface area contributed by atoms with Crippen molar-refractivity contribution < 1.29 is 4.39 Å². The monoisotopic (exact) mass is 421 g/mol. The smallest absolute Gasteiger partial charge is 0.147 e. The van der Waals surface area contributed by atoms with Crippen molar-refractivity contribution >= 4 is 50.9 Å². The Kier molecular flexibility index (Phi) is 5.04. The summed E-state index contributed by atoms with van der Waals surface area (Å²) in [6, 6.07) is 6.52. The second-order valence-electron chi connectivity index (χ2n) is 6.82. The zero-order chi connectivity index (χ0) is 21.4. The second kappa shape index (κ2) is 7.68. The Labute approximate surface area is 177 Å². The van der Waals surface area contributed by atoms with Gasteiger partial charge in [0, 0.05) is 11.3 Å². The molecule has 1 aliphatic rings. The number of amidine groups is 1. The minimum absolute atomic E-state index is 0.220. The summed E-state index contributed by atoms with van der Waals surface area (Å²) in [5.41, 5.74) is 9.57. The fraction of sp³-hybridized carbons (Fsp3) is 0.143. The Morgan fingerprint density at radius 2 is 2.10 bits per heavy atom. The number of para-hydroxylation sites is 1. The third-order valence-electron chi connectivity index (χ3n) is 4.76. The van der Waals surface area contributed by atoms with Crippen molar-refractivity contribution in [1.82, 2.24) is 9.97 Å². The maximum atomic E-state index is 14.7. The molecule has 152 valence electrons. The second-order valence-corrected chi connectivity index (χ2v) is 7.68. The molecule has 1 aromatic carbocycles. The molecule has 4 N–H and O–H groups in total. The maximum Gasteiger partial charge on any atom is 0.147 e. The number of aliphatic imine (C=N–C) groups is 1. The normalized spacial score (nSPS) is 13.1. The van der Waals surface area contributed by atoms with Crippen LogP contribution in [0, 0.1) is 18.2 Å². The van der Waals surface area contributed by atoms with Gasteiger partial charge in [0.15, 0.2) is 0 Å². The average molecular weight is 422 g/mol. The summed E-state index contributed by atoms with van der Waals surface area (Å²) >= 11 is 1.52. The van der Waals surface area contributed by atoms with E-state index in [-0.39, 0.29) is 23.9 Å². The first-order chi connectivity index (χ1) is 14.4. The van der Waals surface area contributed by atoms with Crippen LogP contribution in [0.3, 0.4) is 0 Å². The summed E-state index contributed by atoms with van der Waals surface area (Å²) in [5.74, 6) is 0.831. The number of fused-ring (bicyclic) bond motifs is 1. The van der Waals surface area contributed by atoms with E-state index in [1.165, 1.54) is 23.7 Å². The van der Waals surface area contributed by atoms with Crippen molar-refractivity contribution in [2.24, 2.45) is 4.99 Å². The van der Waals surface area contributed by atoms with Crippen molar-refractivity contribution in [2.75, 3.05) is 22.5 Å². The van der Waals surface area contributed by atoms with Gasteiger partial charge in [0.25, 0.3) is 0 Å². The van der Waals surface area contributed by atoms with Crippen LogP contribution in [0.1, 0.15) is 23.6 Å². The predicted octanol–water partition coefficient (Wildman–Crippen LogP) is 4.59. The third kappa shape index (κ3) is 3.33. The summed E-state index contributed by atoms with van der Waals surface area (Å²) in [5, 5.41) is 14.0. The summed E-state index contributed by atoms with van der Waals surface area (Å²) in [6.07, 6.45) is 1.33. The van der Waals surface area contributed by atoms with Gasteiger partial charge in [-0.15, -0.1) is 11.3 Å². The average Bonchev–Trinajstić information content (AvgIpc) is 3.08. The molecule has 0 atom stereocenters. The van der Waals surface area contributed by atoms with Gasteiger partial charge in [-0.05, 0) is 36.9 Å². The van der Waals surface area contributed by atoms with Crippen molar-refractivity contribution in [3.05, 3.63) is 65.1 Å². The molecule has 2 aromatic heterocycles. The molecule has 0 radical (unpaired) electrons. The van der Waals surface area contributed by atoms with Gasteiger partial charge in [0.1, 0.15) is 34.6 Å². The number of nitrogen functional groups attached to an aromatic ring is 1. The molecule has 0 saturated carbocycles. The van der Waals surface area contributed by atoms with Crippen molar-refractivity contribution in [3.63, 3.8) is 0 Å². The molecule has 0 bridgehead atoms. The number of hydrogen-bond acceptors (Lipinski definition) is 8. The molecule has 0 fully saturated rings. The highest BCUT2D eigenvalue weighted by atomic mass is 32.1. The number of nitrogens with two attached hydrogens (primary N) is 1. The number of nitrogens with zero attached hydrogens (tertiary/aromatic N) is 4. The number of hydrogen-bond donors (Lipinski definition) is 3. The van der Waals surface area contributed by atoms with Gasteiger partial charge >= 0.3 is 0 Å². The summed E-state index contributed by atoms with van der Waals surface area (Å²) < 4.78 is 14.7. The van der Waals surface area contributed by atoms with E-state index in [1.54, 1.807) is 30.0 Å². The van der Waals surface area contributed by atoms with Crippen LogP contribution in [0.4, 0.5) is 26.7 Å². The minimum atomic E-state index is -0.370. The quantitative estimate of drug-likeness (QED) is 0.523. The number of rotatable bonds is 5. The topological polar surface area (TPSA) is 103 Å². The molecule has 1 aliphatic heterocycles. The van der Waals surface area contributed by atoms with E-state index >= 15 is 0 Å². The van der Waals surface area contributed by atoms with Crippen LogP contribution in [0.25, 0.3) is 5.70 Å². The molecule has 7 nitrogen and oxygen atoms in total. The molecule has 0 spiro atoms. The standard InChI is InChI=1S/C21H20FN7S/c1-11-9-30-21-17(11)13(3)29(15-7-5-4-6-14(15)22)16(28-21)8-25-20-18(12(2)23)19(24)26-10-27-20/h4-7,9-10,23H,3,8H2,1-2H3,(H3,24,25,26,27). The van der Waals surface area contributed by atoms with Gasteiger partial charge in [-0.2, -0.15) is 0 Å². The van der Waals surface area contributed by atoms with Crippen LogP contribution in [0.5, 0.6) is 0 Å². The fourth-order valence-electron chi connectivity index (χ4n) is 3.40. The summed E-state index contributed by atoms with van der Waals surface area (Å²) in [4.78, 5) is 14.7. The lowest BCUT2D eigenvalue weighted by Crippen LogP contribution is -2.37. The molecule has 4 rings (SSSR count). The number of thiophene rings is 1. The van der Waals surface area contributed by atoms with Crippen LogP contribution in [-0.4, -0.2) is 28.1 Å². The first-order valence-corrected chi connectivity index (χ1v) is 10.1. The molecule has 0 amide bonds. The highest BCUT2D eigenvalue weighted by Gasteiger charge is 2.29. The molecular weight excluding hydrogens is 401 g/mol. The first-order valence-electron chi connectivity index (χ1n) is 9.18. The van der Waals surface area contributed by atoms with E-state index in [0.717, 1.165) is 16.1 Å². The summed E-state index contributed by atoms with van der Waals surface area (Å²) in [6.45, 7) is 8.06. The molecule has 3 heterocycles. The van der Waals surface area contributed by atoms with Crippen molar-refractivity contribution in [1.29, 1.82) is 5.41 Å². The third-order valence-corrected chi connectivity index (χ3v) is 5.75. The fourth-order valence-corrected chi connectivity index (χ4v) is 4.36. The van der Waals surface area contributed by atoms with Gasteiger partial charge < -0.3 is 16.5 Å². The van der Waals surface area contributed by atoms with Crippen LogP contribution >= 0.6 is 11.3 Å². The van der Waals surface area contributed by atoms with Crippen LogP contribution in [0.15, 0.2) is 47.5 Å². The van der Waals surface area contributed by atoms with E-state index in [4.69, 9.17) is 16.1 Å². The first kappa shape index (κ1) is 19.7. The molecule has 30 heavy (non-hydrogen) atoms. The lowest BCUT2D eigenvalue weighted by molar-refractivity contribution is 0.629. The van der Waals surface area contributed by atoms with Gasteiger partial charge in [-0.1, -0.05) is 18.7 Å². The highest BCUT2D eigenvalue weighted by molar-refractivity contribution is 7.14. The molecule has 9 heteroatoms. The molecule has 0 unspecified atom stereocenters. The Bertz CT molecular complexity index is 1200. The van der Waals surface area contributed by atoms with Crippen LogP contribution < -0.4 is 16.0 Å².